The second-order valence-electron chi connectivity index (χ2n) is 10.2. The lowest BCUT2D eigenvalue weighted by Crippen LogP contribution is -2.11. The summed E-state index contributed by atoms with van der Waals surface area (Å²) in [7, 11) is 0. The summed E-state index contributed by atoms with van der Waals surface area (Å²) in [4.78, 5) is 0. The maximum Gasteiger partial charge on any atom is 0.147 e. The number of hydrogen-bond donors (Lipinski definition) is 0. The number of aryl methyl sites for hydroxylation is 2. The lowest BCUT2D eigenvalue weighted by atomic mass is 9.84. The summed E-state index contributed by atoms with van der Waals surface area (Å²) in [6, 6.07) is 13.4. The molecule has 2 aromatic carbocycles. The first-order valence-electron chi connectivity index (χ1n) is 13.9. The van der Waals surface area contributed by atoms with Gasteiger partial charge in [-0.05, 0) is 54.0 Å². The Morgan fingerprint density at radius 2 is 1.69 bits per heavy atom. The van der Waals surface area contributed by atoms with E-state index < -0.39 is 0 Å². The topological polar surface area (TPSA) is 35.0 Å². The maximum atomic E-state index is 6.22. The van der Waals surface area contributed by atoms with Crippen LogP contribution in [-0.2, 0) is 19.3 Å². The molecule has 1 unspecified atom stereocenters. The molecule has 4 rings (SSSR count). The van der Waals surface area contributed by atoms with Crippen LogP contribution in [0.3, 0.4) is 0 Å². The van der Waals surface area contributed by atoms with E-state index in [0.717, 1.165) is 43.0 Å². The molecular formula is C31H42N2OS. The number of hydrogen-bond acceptors (Lipinski definition) is 4. The van der Waals surface area contributed by atoms with Crippen molar-refractivity contribution in [1.29, 1.82) is 0 Å². The van der Waals surface area contributed by atoms with Crippen LogP contribution in [0.25, 0.3) is 21.7 Å². The molecule has 1 heterocycles. The van der Waals surface area contributed by atoms with Gasteiger partial charge in [-0.15, -0.1) is 10.2 Å². The molecule has 35 heavy (non-hydrogen) atoms. The van der Waals surface area contributed by atoms with Crippen LogP contribution in [0.5, 0.6) is 5.75 Å². The first kappa shape index (κ1) is 25.9. The van der Waals surface area contributed by atoms with E-state index in [1.807, 2.05) is 0 Å². The lowest BCUT2D eigenvalue weighted by Gasteiger charge is -2.23. The van der Waals surface area contributed by atoms with Crippen LogP contribution in [0, 0.1) is 5.92 Å². The highest BCUT2D eigenvalue weighted by Gasteiger charge is 2.21. The minimum absolute atomic E-state index is 0.580. The molecule has 0 saturated heterocycles. The van der Waals surface area contributed by atoms with E-state index in [1.54, 1.807) is 11.3 Å². The zero-order chi connectivity index (χ0) is 24.5. The van der Waals surface area contributed by atoms with Gasteiger partial charge in [0.2, 0.25) is 0 Å². The molecule has 188 valence electrons. The van der Waals surface area contributed by atoms with Gasteiger partial charge in [-0.25, -0.2) is 0 Å². The standard InChI is InChI=1S/C31H42N2OS/c1-4-6-7-8-9-10-11-12-16-30-32-33-31(35-30)25-18-19-26-24(21-25)17-20-28-27(26)14-13-15-29(28)34-22-23(3)5-2/h13-15,18-19,21,23H,4-12,16-17,20,22H2,1-3H3. The Morgan fingerprint density at radius 1 is 0.886 bits per heavy atom. The van der Waals surface area contributed by atoms with Crippen molar-refractivity contribution in [3.8, 4) is 27.4 Å². The number of benzene rings is 2. The SMILES string of the molecule is CCCCCCCCCCc1nnc(-c2ccc3c(c2)CCc2c(OCC(C)CC)cccc2-3)s1. The Bertz CT molecular complexity index is 1070. The van der Waals surface area contributed by atoms with Gasteiger partial charge in [0.1, 0.15) is 15.8 Å². The second-order valence-corrected chi connectivity index (χ2v) is 11.3. The Hall–Kier alpha value is -2.20. The fourth-order valence-electron chi connectivity index (χ4n) is 4.90. The normalized spacial score (nSPS) is 13.3. The smallest absolute Gasteiger partial charge is 0.147 e. The number of rotatable bonds is 14. The van der Waals surface area contributed by atoms with E-state index in [2.05, 4.69) is 67.4 Å². The minimum atomic E-state index is 0.580. The molecule has 0 spiro atoms. The Morgan fingerprint density at radius 3 is 2.49 bits per heavy atom. The van der Waals surface area contributed by atoms with Crippen molar-refractivity contribution in [3.05, 3.63) is 52.5 Å². The number of fused-ring (bicyclic) bond motifs is 3. The summed E-state index contributed by atoms with van der Waals surface area (Å²) >= 11 is 1.77. The number of unbranched alkanes of at least 4 members (excludes halogenated alkanes) is 7. The first-order chi connectivity index (χ1) is 17.2. The summed E-state index contributed by atoms with van der Waals surface area (Å²) in [6.07, 6.45) is 15.1. The summed E-state index contributed by atoms with van der Waals surface area (Å²) in [5.74, 6) is 1.64. The molecule has 3 nitrogen and oxygen atoms in total. The largest absolute Gasteiger partial charge is 0.493 e. The maximum absolute atomic E-state index is 6.22. The molecule has 0 saturated carbocycles. The van der Waals surface area contributed by atoms with Gasteiger partial charge in [0, 0.05) is 17.5 Å². The molecule has 0 aliphatic heterocycles. The van der Waals surface area contributed by atoms with Crippen molar-refractivity contribution in [1.82, 2.24) is 10.2 Å². The van der Waals surface area contributed by atoms with Crippen LogP contribution < -0.4 is 4.74 Å². The van der Waals surface area contributed by atoms with E-state index >= 15 is 0 Å². The quantitative estimate of drug-likeness (QED) is 0.211. The third kappa shape index (κ3) is 6.94. The highest BCUT2D eigenvalue weighted by Crippen LogP contribution is 2.40. The lowest BCUT2D eigenvalue weighted by molar-refractivity contribution is 0.254. The van der Waals surface area contributed by atoms with Crippen LogP contribution in [-0.4, -0.2) is 16.8 Å². The monoisotopic (exact) mass is 490 g/mol. The van der Waals surface area contributed by atoms with E-state index in [4.69, 9.17) is 4.74 Å². The number of aromatic nitrogens is 2. The summed E-state index contributed by atoms with van der Waals surface area (Å²) in [5.41, 5.74) is 6.64. The van der Waals surface area contributed by atoms with Gasteiger partial charge in [-0.3, -0.25) is 0 Å². The van der Waals surface area contributed by atoms with E-state index in [-0.39, 0.29) is 0 Å². The van der Waals surface area contributed by atoms with E-state index in [0.29, 0.717) is 5.92 Å². The van der Waals surface area contributed by atoms with Gasteiger partial charge in [0.15, 0.2) is 0 Å². The highest BCUT2D eigenvalue weighted by molar-refractivity contribution is 7.14. The number of ether oxygens (including phenoxy) is 1. The Labute approximate surface area is 216 Å². The Balaban J connectivity index is 1.36. The van der Waals surface area contributed by atoms with E-state index in [9.17, 15) is 0 Å². The fourth-order valence-corrected chi connectivity index (χ4v) is 5.78. The molecule has 0 amide bonds. The van der Waals surface area contributed by atoms with Crippen molar-refractivity contribution in [3.63, 3.8) is 0 Å². The van der Waals surface area contributed by atoms with Crippen molar-refractivity contribution in [2.24, 2.45) is 5.92 Å². The van der Waals surface area contributed by atoms with Crippen molar-refractivity contribution < 1.29 is 4.74 Å². The minimum Gasteiger partial charge on any atom is -0.493 e. The van der Waals surface area contributed by atoms with Gasteiger partial charge >= 0.3 is 0 Å². The number of nitrogens with zero attached hydrogens (tertiary/aromatic N) is 2. The van der Waals surface area contributed by atoms with Crippen LogP contribution in [0.4, 0.5) is 0 Å². The van der Waals surface area contributed by atoms with Crippen LogP contribution >= 0.6 is 11.3 Å². The van der Waals surface area contributed by atoms with E-state index in [1.165, 1.54) is 84.2 Å². The molecule has 0 radical (unpaired) electrons. The molecule has 1 atom stereocenters. The highest BCUT2D eigenvalue weighted by atomic mass is 32.1. The van der Waals surface area contributed by atoms with Gasteiger partial charge in [0.05, 0.1) is 6.61 Å². The molecule has 3 aromatic rings. The molecule has 4 heteroatoms. The average molecular weight is 491 g/mol. The molecule has 1 aromatic heterocycles. The molecule has 0 bridgehead atoms. The third-order valence-electron chi connectivity index (χ3n) is 7.35. The summed E-state index contributed by atoms with van der Waals surface area (Å²) in [6.45, 7) is 7.54. The molecule has 1 aliphatic carbocycles. The average Bonchev–Trinajstić information content (AvgIpc) is 3.37. The van der Waals surface area contributed by atoms with Crippen LogP contribution in [0.15, 0.2) is 36.4 Å². The summed E-state index contributed by atoms with van der Waals surface area (Å²) in [5, 5.41) is 11.3. The van der Waals surface area contributed by atoms with Crippen LogP contribution in [0.1, 0.15) is 94.7 Å². The van der Waals surface area contributed by atoms with Gasteiger partial charge < -0.3 is 4.74 Å². The third-order valence-corrected chi connectivity index (χ3v) is 8.38. The van der Waals surface area contributed by atoms with Crippen LogP contribution in [0.2, 0.25) is 0 Å². The summed E-state index contributed by atoms with van der Waals surface area (Å²) < 4.78 is 6.22. The molecule has 0 fully saturated rings. The van der Waals surface area contributed by atoms with Gasteiger partial charge in [0.25, 0.3) is 0 Å². The zero-order valence-corrected chi connectivity index (χ0v) is 22.8. The van der Waals surface area contributed by atoms with Gasteiger partial charge in [-0.2, -0.15) is 0 Å². The van der Waals surface area contributed by atoms with Crippen molar-refractivity contribution in [2.75, 3.05) is 6.61 Å². The molecule has 0 N–H and O–H groups in total. The second kappa shape index (κ2) is 13.2. The fraction of sp³-hybridized carbons (Fsp3) is 0.548. The molecular weight excluding hydrogens is 448 g/mol. The predicted molar refractivity (Wildman–Crippen MR) is 149 cm³/mol. The van der Waals surface area contributed by atoms with Crippen molar-refractivity contribution >= 4 is 11.3 Å². The Kier molecular flexibility index (Phi) is 9.76. The van der Waals surface area contributed by atoms with Gasteiger partial charge in [-0.1, -0.05) is 108 Å². The predicted octanol–water partition coefficient (Wildman–Crippen LogP) is 9.08. The zero-order valence-electron chi connectivity index (χ0n) is 21.9. The first-order valence-corrected chi connectivity index (χ1v) is 14.7. The molecule has 1 aliphatic rings. The van der Waals surface area contributed by atoms with Crippen molar-refractivity contribution in [2.45, 2.75) is 97.8 Å².